The molecule has 16 heavy (non-hydrogen) atoms. The van der Waals surface area contributed by atoms with Gasteiger partial charge in [-0.1, -0.05) is 38.5 Å². The minimum absolute atomic E-state index is 0.0390. The molecule has 0 spiro atoms. The van der Waals surface area contributed by atoms with Crippen LogP contribution in [0.25, 0.3) is 0 Å². The normalized spacial score (nSPS) is 13.9. The lowest BCUT2D eigenvalue weighted by Gasteiger charge is -2.23. The maximum Gasteiger partial charge on any atom is 0.122 e. The zero-order chi connectivity index (χ0) is 12.5. The van der Waals surface area contributed by atoms with Crippen molar-refractivity contribution in [3.8, 4) is 5.75 Å². The molecule has 0 fully saturated rings. The summed E-state index contributed by atoms with van der Waals surface area (Å²) in [5.74, 6) is 0.412. The molecule has 1 aromatic rings. The molecule has 0 aliphatic rings. The Balaban J connectivity index is 3.26. The number of benzene rings is 1. The van der Waals surface area contributed by atoms with Gasteiger partial charge in [0.15, 0.2) is 0 Å². The predicted octanol–water partition coefficient (Wildman–Crippen LogP) is 2.89. The molecule has 0 saturated heterocycles. The third-order valence-electron chi connectivity index (χ3n) is 2.68. The quantitative estimate of drug-likeness (QED) is 0.806. The second-order valence-electron chi connectivity index (χ2n) is 5.75. The Morgan fingerprint density at radius 1 is 1.31 bits per heavy atom. The van der Waals surface area contributed by atoms with Gasteiger partial charge >= 0.3 is 0 Å². The third kappa shape index (κ3) is 2.99. The van der Waals surface area contributed by atoms with Crippen molar-refractivity contribution in [2.24, 2.45) is 5.73 Å². The van der Waals surface area contributed by atoms with E-state index in [2.05, 4.69) is 33.8 Å². The molecule has 0 radical (unpaired) electrons. The van der Waals surface area contributed by atoms with Crippen molar-refractivity contribution in [1.29, 1.82) is 0 Å². The summed E-state index contributed by atoms with van der Waals surface area (Å²) in [5, 5.41) is 10.2. The van der Waals surface area contributed by atoms with Crippen LogP contribution in [0.4, 0.5) is 0 Å². The minimum atomic E-state index is -0.0390. The van der Waals surface area contributed by atoms with Crippen LogP contribution in [0.2, 0.25) is 0 Å². The first-order chi connectivity index (χ1) is 7.21. The second kappa shape index (κ2) is 4.46. The first-order valence-electron chi connectivity index (χ1n) is 5.80. The van der Waals surface area contributed by atoms with Crippen molar-refractivity contribution in [2.45, 2.75) is 52.5 Å². The Hall–Kier alpha value is -1.02. The smallest absolute Gasteiger partial charge is 0.122 e. The summed E-state index contributed by atoms with van der Waals surface area (Å²) in [6, 6.07) is 4.15. The first-order valence-corrected chi connectivity index (χ1v) is 5.80. The van der Waals surface area contributed by atoms with Crippen molar-refractivity contribution in [3.63, 3.8) is 0 Å². The topological polar surface area (TPSA) is 46.2 Å². The monoisotopic (exact) mass is 221 g/mol. The molecule has 1 aromatic carbocycles. The second-order valence-corrected chi connectivity index (χ2v) is 5.75. The molecule has 1 unspecified atom stereocenters. The van der Waals surface area contributed by atoms with Gasteiger partial charge < -0.3 is 10.8 Å². The van der Waals surface area contributed by atoms with Crippen LogP contribution in [0, 0.1) is 6.92 Å². The van der Waals surface area contributed by atoms with Crippen LogP contribution in [-0.2, 0) is 11.8 Å². The summed E-state index contributed by atoms with van der Waals surface area (Å²) in [7, 11) is 0. The van der Waals surface area contributed by atoms with Gasteiger partial charge in [-0.15, -0.1) is 0 Å². The first kappa shape index (κ1) is 13.0. The number of rotatable bonds is 2. The molecule has 0 saturated carbocycles. The van der Waals surface area contributed by atoms with Gasteiger partial charge in [-0.3, -0.25) is 0 Å². The largest absolute Gasteiger partial charge is 0.507 e. The molecule has 1 atom stereocenters. The Bertz CT molecular complexity index is 375. The Morgan fingerprint density at radius 2 is 1.88 bits per heavy atom. The van der Waals surface area contributed by atoms with Gasteiger partial charge in [0.25, 0.3) is 0 Å². The molecule has 0 amide bonds. The van der Waals surface area contributed by atoms with Crippen LogP contribution in [0.3, 0.4) is 0 Å². The minimum Gasteiger partial charge on any atom is -0.507 e. The van der Waals surface area contributed by atoms with E-state index in [-0.39, 0.29) is 11.5 Å². The van der Waals surface area contributed by atoms with Gasteiger partial charge in [0, 0.05) is 6.04 Å². The van der Waals surface area contributed by atoms with E-state index in [1.165, 1.54) is 5.56 Å². The Labute approximate surface area is 98.5 Å². The fourth-order valence-electron chi connectivity index (χ4n) is 1.93. The molecule has 0 heterocycles. The van der Waals surface area contributed by atoms with E-state index in [1.807, 2.05) is 13.0 Å². The van der Waals surface area contributed by atoms with Gasteiger partial charge in [-0.05, 0) is 36.8 Å². The van der Waals surface area contributed by atoms with E-state index in [1.54, 1.807) is 0 Å². The lowest BCUT2D eigenvalue weighted by Crippen LogP contribution is -2.19. The highest BCUT2D eigenvalue weighted by Crippen LogP contribution is 2.34. The van der Waals surface area contributed by atoms with Gasteiger partial charge in [-0.25, -0.2) is 0 Å². The SMILES string of the molecule is Cc1cc(CC(C)N)c(O)c(C(C)(C)C)c1. The summed E-state index contributed by atoms with van der Waals surface area (Å²) in [6.45, 7) is 10.3. The van der Waals surface area contributed by atoms with Crippen LogP contribution in [0.15, 0.2) is 12.1 Å². The average Bonchev–Trinajstić information content (AvgIpc) is 2.07. The number of aromatic hydroxyl groups is 1. The molecule has 2 nitrogen and oxygen atoms in total. The average molecular weight is 221 g/mol. The van der Waals surface area contributed by atoms with E-state index in [0.717, 1.165) is 17.5 Å². The van der Waals surface area contributed by atoms with Crippen LogP contribution < -0.4 is 5.73 Å². The number of hydrogen-bond donors (Lipinski definition) is 2. The molecule has 0 aromatic heterocycles. The number of phenolic OH excluding ortho intramolecular Hbond substituents is 1. The van der Waals surface area contributed by atoms with E-state index >= 15 is 0 Å². The summed E-state index contributed by atoms with van der Waals surface area (Å²) in [4.78, 5) is 0. The molecule has 0 aliphatic carbocycles. The van der Waals surface area contributed by atoms with Crippen molar-refractivity contribution >= 4 is 0 Å². The van der Waals surface area contributed by atoms with E-state index < -0.39 is 0 Å². The maximum absolute atomic E-state index is 10.2. The van der Waals surface area contributed by atoms with Crippen molar-refractivity contribution in [1.82, 2.24) is 0 Å². The van der Waals surface area contributed by atoms with Crippen molar-refractivity contribution in [2.75, 3.05) is 0 Å². The number of nitrogens with two attached hydrogens (primary N) is 1. The highest BCUT2D eigenvalue weighted by molar-refractivity contribution is 5.47. The van der Waals surface area contributed by atoms with E-state index in [0.29, 0.717) is 5.75 Å². The van der Waals surface area contributed by atoms with E-state index in [9.17, 15) is 5.11 Å². The van der Waals surface area contributed by atoms with Crippen molar-refractivity contribution in [3.05, 3.63) is 28.8 Å². The van der Waals surface area contributed by atoms with Crippen LogP contribution in [0.1, 0.15) is 44.4 Å². The standard InChI is InChI=1S/C14H23NO/c1-9-6-11(8-10(2)15)13(16)12(7-9)14(3,4)5/h6-7,10,16H,8,15H2,1-5H3. The molecule has 0 aliphatic heterocycles. The summed E-state index contributed by atoms with van der Waals surface area (Å²) >= 11 is 0. The number of hydrogen-bond acceptors (Lipinski definition) is 2. The molecule has 1 rings (SSSR count). The number of aryl methyl sites for hydroxylation is 1. The molecule has 90 valence electrons. The number of phenols is 1. The predicted molar refractivity (Wildman–Crippen MR) is 68.9 cm³/mol. The van der Waals surface area contributed by atoms with Gasteiger partial charge in [0.1, 0.15) is 5.75 Å². The lowest BCUT2D eigenvalue weighted by atomic mass is 9.83. The van der Waals surface area contributed by atoms with E-state index in [4.69, 9.17) is 5.73 Å². The molecule has 2 heteroatoms. The lowest BCUT2D eigenvalue weighted by molar-refractivity contribution is 0.438. The highest BCUT2D eigenvalue weighted by Gasteiger charge is 2.20. The van der Waals surface area contributed by atoms with Gasteiger partial charge in [0.05, 0.1) is 0 Å². The fourth-order valence-corrected chi connectivity index (χ4v) is 1.93. The molecular weight excluding hydrogens is 198 g/mol. The van der Waals surface area contributed by atoms with Gasteiger partial charge in [0.2, 0.25) is 0 Å². The zero-order valence-corrected chi connectivity index (χ0v) is 11.0. The highest BCUT2D eigenvalue weighted by atomic mass is 16.3. The molecule has 0 bridgehead atoms. The van der Waals surface area contributed by atoms with Gasteiger partial charge in [-0.2, -0.15) is 0 Å². The molecular formula is C14H23NO. The zero-order valence-electron chi connectivity index (χ0n) is 11.0. The Kier molecular flexibility index (Phi) is 3.64. The summed E-state index contributed by atoms with van der Waals surface area (Å²) in [5.41, 5.74) is 8.89. The fraction of sp³-hybridized carbons (Fsp3) is 0.571. The molecule has 3 N–H and O–H groups in total. The third-order valence-corrected chi connectivity index (χ3v) is 2.68. The van der Waals surface area contributed by atoms with Crippen LogP contribution in [-0.4, -0.2) is 11.1 Å². The van der Waals surface area contributed by atoms with Crippen LogP contribution >= 0.6 is 0 Å². The summed E-state index contributed by atoms with van der Waals surface area (Å²) in [6.07, 6.45) is 0.719. The Morgan fingerprint density at radius 3 is 2.31 bits per heavy atom. The summed E-state index contributed by atoms with van der Waals surface area (Å²) < 4.78 is 0. The van der Waals surface area contributed by atoms with Crippen molar-refractivity contribution < 1.29 is 5.11 Å². The van der Waals surface area contributed by atoms with Crippen LogP contribution in [0.5, 0.6) is 5.75 Å². The maximum atomic E-state index is 10.2.